The number of amides is 2. The molecule has 0 aliphatic heterocycles. The van der Waals surface area contributed by atoms with Crippen LogP contribution in [0.2, 0.25) is 10.0 Å². The van der Waals surface area contributed by atoms with E-state index in [9.17, 15) is 9.59 Å². The summed E-state index contributed by atoms with van der Waals surface area (Å²) in [5, 5.41) is 4.01. The topological polar surface area (TPSA) is 58.6 Å². The van der Waals surface area contributed by atoms with Gasteiger partial charge in [-0.25, -0.2) is 0 Å². The maximum Gasteiger partial charge on any atom is 0.261 e. The molecular formula is C22H25BrCl2N2O3. The Kier molecular flexibility index (Phi) is 9.46. The Morgan fingerprint density at radius 1 is 1.17 bits per heavy atom. The van der Waals surface area contributed by atoms with E-state index in [1.807, 2.05) is 32.0 Å². The number of rotatable bonds is 9. The summed E-state index contributed by atoms with van der Waals surface area (Å²) in [7, 11) is 0. The van der Waals surface area contributed by atoms with Crippen molar-refractivity contribution in [3.05, 3.63) is 62.5 Å². The second-order valence-corrected chi connectivity index (χ2v) is 8.67. The molecule has 2 atom stereocenters. The summed E-state index contributed by atoms with van der Waals surface area (Å²) in [6.07, 6.45) is 0.796. The molecule has 0 aliphatic rings. The number of benzene rings is 2. The van der Waals surface area contributed by atoms with E-state index < -0.39 is 6.04 Å². The van der Waals surface area contributed by atoms with Crippen LogP contribution in [0.1, 0.15) is 32.8 Å². The Hall–Kier alpha value is -1.76. The Morgan fingerprint density at radius 3 is 2.50 bits per heavy atom. The van der Waals surface area contributed by atoms with Gasteiger partial charge in [-0.1, -0.05) is 48.3 Å². The number of carbonyl (C=O) groups is 2. The van der Waals surface area contributed by atoms with Crippen molar-refractivity contribution in [2.75, 3.05) is 6.61 Å². The van der Waals surface area contributed by atoms with Gasteiger partial charge >= 0.3 is 0 Å². The van der Waals surface area contributed by atoms with Crippen LogP contribution in [0, 0.1) is 0 Å². The van der Waals surface area contributed by atoms with Crippen molar-refractivity contribution < 1.29 is 14.3 Å². The van der Waals surface area contributed by atoms with Crippen LogP contribution in [0.5, 0.6) is 5.75 Å². The van der Waals surface area contributed by atoms with Crippen LogP contribution in [0.3, 0.4) is 0 Å². The number of nitrogens with one attached hydrogen (secondary N) is 1. The molecule has 2 rings (SSSR count). The smallest absolute Gasteiger partial charge is 0.261 e. The minimum absolute atomic E-state index is 0.0125. The molecule has 2 aromatic carbocycles. The van der Waals surface area contributed by atoms with Crippen molar-refractivity contribution in [1.29, 1.82) is 0 Å². The average Bonchev–Trinajstić information content (AvgIpc) is 2.71. The predicted molar refractivity (Wildman–Crippen MR) is 124 cm³/mol. The van der Waals surface area contributed by atoms with E-state index in [1.54, 1.807) is 31.2 Å². The third-order valence-electron chi connectivity index (χ3n) is 4.71. The third kappa shape index (κ3) is 6.89. The third-order valence-corrected chi connectivity index (χ3v) is 5.94. The highest BCUT2D eigenvalue weighted by Crippen LogP contribution is 2.28. The maximum atomic E-state index is 13.0. The van der Waals surface area contributed by atoms with Crippen molar-refractivity contribution in [1.82, 2.24) is 10.2 Å². The second-order valence-electron chi connectivity index (χ2n) is 6.97. The fraction of sp³-hybridized carbons (Fsp3) is 0.364. The molecule has 0 spiro atoms. The molecule has 0 fully saturated rings. The molecule has 0 heterocycles. The van der Waals surface area contributed by atoms with Crippen molar-refractivity contribution in [3.8, 4) is 5.75 Å². The Labute approximate surface area is 195 Å². The molecular weight excluding hydrogens is 491 g/mol. The molecule has 2 amide bonds. The lowest BCUT2D eigenvalue weighted by Crippen LogP contribution is -2.50. The molecule has 8 heteroatoms. The van der Waals surface area contributed by atoms with Gasteiger partial charge in [0.05, 0.1) is 4.47 Å². The lowest BCUT2D eigenvalue weighted by molar-refractivity contribution is -0.142. The summed E-state index contributed by atoms with van der Waals surface area (Å²) in [5.74, 6) is -0.0665. The number of ether oxygens (including phenoxy) is 1. The standard InChI is InChI=1S/C22H25BrCl2N2O3/c1-4-14(2)26-22(29)15(3)27(12-16-7-5-6-8-19(16)25)21(28)13-30-20-10-9-17(24)11-18(20)23/h5-11,14-15H,4,12-13H2,1-3H3,(H,26,29)/t14-,15+/m0/s1. The molecule has 0 bridgehead atoms. The molecule has 2 aromatic rings. The minimum atomic E-state index is -0.694. The summed E-state index contributed by atoms with van der Waals surface area (Å²) in [6, 6.07) is 11.6. The highest BCUT2D eigenvalue weighted by atomic mass is 79.9. The van der Waals surface area contributed by atoms with Crippen molar-refractivity contribution in [3.63, 3.8) is 0 Å². The second kappa shape index (κ2) is 11.6. The molecule has 0 saturated heterocycles. The van der Waals surface area contributed by atoms with E-state index in [0.29, 0.717) is 20.3 Å². The quantitative estimate of drug-likeness (QED) is 0.482. The summed E-state index contributed by atoms with van der Waals surface area (Å²) < 4.78 is 6.31. The monoisotopic (exact) mass is 514 g/mol. The number of carbonyl (C=O) groups excluding carboxylic acids is 2. The zero-order valence-corrected chi connectivity index (χ0v) is 20.2. The maximum absolute atomic E-state index is 13.0. The lowest BCUT2D eigenvalue weighted by Gasteiger charge is -2.30. The first-order chi connectivity index (χ1) is 14.2. The SMILES string of the molecule is CC[C@H](C)NC(=O)[C@@H](C)N(Cc1ccccc1Cl)C(=O)COc1ccc(Cl)cc1Br. The Balaban J connectivity index is 2.19. The fourth-order valence-electron chi connectivity index (χ4n) is 2.67. The van der Waals surface area contributed by atoms with Crippen molar-refractivity contribution in [2.24, 2.45) is 0 Å². The Bertz CT molecular complexity index is 894. The Morgan fingerprint density at radius 2 is 1.87 bits per heavy atom. The van der Waals surface area contributed by atoms with E-state index in [0.717, 1.165) is 12.0 Å². The summed E-state index contributed by atoms with van der Waals surface area (Å²) in [6.45, 7) is 5.57. The number of hydrogen-bond acceptors (Lipinski definition) is 3. The molecule has 0 unspecified atom stereocenters. The molecule has 30 heavy (non-hydrogen) atoms. The van der Waals surface area contributed by atoms with Crippen molar-refractivity contribution >= 4 is 50.9 Å². The zero-order chi connectivity index (χ0) is 22.3. The fourth-order valence-corrected chi connectivity index (χ4v) is 3.67. The average molecular weight is 516 g/mol. The van der Waals surface area contributed by atoms with Gasteiger partial charge in [-0.3, -0.25) is 9.59 Å². The van der Waals surface area contributed by atoms with E-state index in [1.165, 1.54) is 4.90 Å². The van der Waals surface area contributed by atoms with E-state index >= 15 is 0 Å². The van der Waals surface area contributed by atoms with E-state index in [2.05, 4.69) is 21.2 Å². The normalized spacial score (nSPS) is 12.7. The van der Waals surface area contributed by atoms with Gasteiger partial charge < -0.3 is 15.0 Å². The highest BCUT2D eigenvalue weighted by Gasteiger charge is 2.27. The number of halogens is 3. The van der Waals surface area contributed by atoms with Crippen LogP contribution in [0.15, 0.2) is 46.9 Å². The van der Waals surface area contributed by atoms with Gasteiger partial charge in [-0.05, 0) is 66.0 Å². The predicted octanol–water partition coefficient (Wildman–Crippen LogP) is 5.47. The largest absolute Gasteiger partial charge is 0.483 e. The van der Waals surface area contributed by atoms with Gasteiger partial charge in [0.25, 0.3) is 5.91 Å². The minimum Gasteiger partial charge on any atom is -0.483 e. The zero-order valence-electron chi connectivity index (χ0n) is 17.1. The van der Waals surface area contributed by atoms with Crippen LogP contribution in [0.25, 0.3) is 0 Å². The molecule has 0 aliphatic carbocycles. The summed E-state index contributed by atoms with van der Waals surface area (Å²) in [4.78, 5) is 27.2. The van der Waals surface area contributed by atoms with E-state index in [-0.39, 0.29) is 31.0 Å². The van der Waals surface area contributed by atoms with Gasteiger partial charge in [-0.2, -0.15) is 0 Å². The van der Waals surface area contributed by atoms with Crippen LogP contribution < -0.4 is 10.1 Å². The van der Waals surface area contributed by atoms with Gasteiger partial charge in [0.2, 0.25) is 5.91 Å². The van der Waals surface area contributed by atoms with Gasteiger partial charge in [0, 0.05) is 22.6 Å². The first-order valence-corrected chi connectivity index (χ1v) is 11.2. The van der Waals surface area contributed by atoms with Crippen LogP contribution in [-0.4, -0.2) is 35.4 Å². The molecule has 0 saturated carbocycles. The molecule has 5 nitrogen and oxygen atoms in total. The van der Waals surface area contributed by atoms with Crippen LogP contribution in [-0.2, 0) is 16.1 Å². The molecule has 0 aromatic heterocycles. The molecule has 1 N–H and O–H groups in total. The van der Waals surface area contributed by atoms with Crippen molar-refractivity contribution in [2.45, 2.75) is 45.8 Å². The van der Waals surface area contributed by atoms with E-state index in [4.69, 9.17) is 27.9 Å². The summed E-state index contributed by atoms with van der Waals surface area (Å²) >= 11 is 15.6. The first-order valence-electron chi connectivity index (χ1n) is 9.64. The first kappa shape index (κ1) is 24.5. The van der Waals surface area contributed by atoms with Crippen LogP contribution in [0.4, 0.5) is 0 Å². The molecule has 0 radical (unpaired) electrons. The van der Waals surface area contributed by atoms with Gasteiger partial charge in [-0.15, -0.1) is 0 Å². The van der Waals surface area contributed by atoms with Gasteiger partial charge in [0.1, 0.15) is 11.8 Å². The number of nitrogens with zero attached hydrogens (tertiary/aromatic N) is 1. The summed E-state index contributed by atoms with van der Waals surface area (Å²) in [5.41, 5.74) is 0.753. The van der Waals surface area contributed by atoms with Gasteiger partial charge in [0.15, 0.2) is 6.61 Å². The lowest BCUT2D eigenvalue weighted by atomic mass is 10.1. The van der Waals surface area contributed by atoms with Crippen LogP contribution >= 0.6 is 39.1 Å². The molecule has 162 valence electrons. The number of hydrogen-bond donors (Lipinski definition) is 1. The highest BCUT2D eigenvalue weighted by molar-refractivity contribution is 9.10.